The molecule has 0 heterocycles. The van der Waals surface area contributed by atoms with E-state index >= 15 is 0 Å². The maximum absolute atomic E-state index is 5.43. The fraction of sp³-hybridized carbons (Fsp3) is 1.00. The van der Waals surface area contributed by atoms with Crippen LogP contribution in [0.5, 0.6) is 0 Å². The maximum Gasteiger partial charge on any atom is 0.410 e. The average molecular weight is 158 g/mol. The van der Waals surface area contributed by atoms with Crippen LogP contribution in [-0.4, -0.2) is 22.7 Å². The SMILES string of the molecule is CCCCC(CCC)[O][AlH2]. The Hall–Kier alpha value is 0.492. The minimum absolute atomic E-state index is 0.580. The molecule has 0 spiro atoms. The summed E-state index contributed by atoms with van der Waals surface area (Å²) in [6.45, 7) is 4.45. The zero-order valence-electron chi connectivity index (χ0n) is 7.52. The van der Waals surface area contributed by atoms with Crippen LogP contribution in [0.4, 0.5) is 0 Å². The van der Waals surface area contributed by atoms with E-state index < -0.39 is 0 Å². The van der Waals surface area contributed by atoms with Crippen LogP contribution < -0.4 is 0 Å². The van der Waals surface area contributed by atoms with Crippen LogP contribution >= 0.6 is 0 Å². The summed E-state index contributed by atoms with van der Waals surface area (Å²) in [7, 11) is 0. The Labute approximate surface area is 72.9 Å². The molecule has 0 aromatic rings. The predicted molar refractivity (Wildman–Crippen MR) is 47.9 cm³/mol. The van der Waals surface area contributed by atoms with E-state index in [1.807, 2.05) is 0 Å². The van der Waals surface area contributed by atoms with Crippen LogP contribution in [0.1, 0.15) is 46.0 Å². The minimum atomic E-state index is 0.580. The van der Waals surface area contributed by atoms with Crippen molar-refractivity contribution in [3.05, 3.63) is 0 Å². The molecule has 0 aliphatic heterocycles. The van der Waals surface area contributed by atoms with E-state index in [2.05, 4.69) is 13.8 Å². The standard InChI is InChI=1S/C8H17O.Al.2H/c1-3-5-7-8(9)6-4-2;;;/h8H,3-7H2,1-2H3;;;/q-1;+1;;. The second-order valence-electron chi connectivity index (χ2n) is 2.79. The first-order valence-corrected chi connectivity index (χ1v) is 5.19. The van der Waals surface area contributed by atoms with Crippen molar-refractivity contribution < 1.29 is 3.79 Å². The zero-order chi connectivity index (χ0) is 7.82. The smallest absolute Gasteiger partial charge is 0.410 e. The summed E-state index contributed by atoms with van der Waals surface area (Å²) in [5.74, 6) is 0. The topological polar surface area (TPSA) is 9.23 Å². The van der Waals surface area contributed by atoms with Gasteiger partial charge in [-0.1, -0.05) is 33.1 Å². The van der Waals surface area contributed by atoms with Gasteiger partial charge in [0.1, 0.15) is 0 Å². The second-order valence-corrected chi connectivity index (χ2v) is 3.26. The Kier molecular flexibility index (Phi) is 7.97. The van der Waals surface area contributed by atoms with Gasteiger partial charge in [-0.15, -0.1) is 0 Å². The molecule has 0 fully saturated rings. The summed E-state index contributed by atoms with van der Waals surface area (Å²) in [5, 5.41) is 0. The summed E-state index contributed by atoms with van der Waals surface area (Å²) in [6.07, 6.45) is 6.99. The first-order valence-electron chi connectivity index (χ1n) is 4.37. The molecule has 0 N–H and O–H groups in total. The molecule has 1 nitrogen and oxygen atoms in total. The van der Waals surface area contributed by atoms with Gasteiger partial charge in [-0.3, -0.25) is 0 Å². The van der Waals surface area contributed by atoms with Crippen LogP contribution in [0.15, 0.2) is 0 Å². The summed E-state index contributed by atoms with van der Waals surface area (Å²) in [6, 6.07) is 0. The number of hydrogen-bond acceptors (Lipinski definition) is 1. The highest BCUT2D eigenvalue weighted by Crippen LogP contribution is 2.08. The van der Waals surface area contributed by atoms with Crippen molar-refractivity contribution in [2.45, 2.75) is 52.1 Å². The van der Waals surface area contributed by atoms with E-state index in [1.165, 1.54) is 32.1 Å². The van der Waals surface area contributed by atoms with Crippen LogP contribution in [0, 0.1) is 0 Å². The largest absolute Gasteiger partial charge is 0.504 e. The van der Waals surface area contributed by atoms with Gasteiger partial charge in [-0.05, 0) is 12.8 Å². The van der Waals surface area contributed by atoms with E-state index in [4.69, 9.17) is 3.79 Å². The van der Waals surface area contributed by atoms with Gasteiger partial charge in [-0.25, -0.2) is 0 Å². The molecule has 1 unspecified atom stereocenters. The van der Waals surface area contributed by atoms with Crippen molar-refractivity contribution in [2.24, 2.45) is 0 Å². The Morgan fingerprint density at radius 2 is 1.90 bits per heavy atom. The summed E-state index contributed by atoms with van der Waals surface area (Å²) < 4.78 is 5.43. The summed E-state index contributed by atoms with van der Waals surface area (Å²) in [4.78, 5) is 0. The highest BCUT2D eigenvalue weighted by atomic mass is 27.1. The van der Waals surface area contributed by atoms with E-state index in [0.29, 0.717) is 6.10 Å². The molecule has 0 saturated carbocycles. The van der Waals surface area contributed by atoms with Crippen LogP contribution in [0.2, 0.25) is 0 Å². The van der Waals surface area contributed by atoms with E-state index in [-0.39, 0.29) is 0 Å². The van der Waals surface area contributed by atoms with Crippen molar-refractivity contribution in [3.8, 4) is 0 Å². The predicted octanol–water partition coefficient (Wildman–Crippen LogP) is 1.91. The Morgan fingerprint density at radius 3 is 2.30 bits per heavy atom. The van der Waals surface area contributed by atoms with Gasteiger partial charge >= 0.3 is 16.6 Å². The van der Waals surface area contributed by atoms with Gasteiger partial charge in [0, 0.05) is 6.10 Å². The Bertz CT molecular complexity index is 66.3. The summed E-state index contributed by atoms with van der Waals surface area (Å²) >= 11 is 0.903. The van der Waals surface area contributed by atoms with E-state index in [0.717, 1.165) is 16.6 Å². The first kappa shape index (κ1) is 10.5. The third-order valence-electron chi connectivity index (χ3n) is 1.82. The van der Waals surface area contributed by atoms with Crippen molar-refractivity contribution in [3.63, 3.8) is 0 Å². The lowest BCUT2D eigenvalue weighted by Crippen LogP contribution is -2.10. The molecular weight excluding hydrogens is 139 g/mol. The molecule has 0 saturated heterocycles. The Morgan fingerprint density at radius 1 is 1.20 bits per heavy atom. The molecule has 0 aromatic carbocycles. The summed E-state index contributed by atoms with van der Waals surface area (Å²) in [5.41, 5.74) is 0. The fourth-order valence-corrected chi connectivity index (χ4v) is 1.61. The van der Waals surface area contributed by atoms with Gasteiger partial charge in [0.25, 0.3) is 0 Å². The van der Waals surface area contributed by atoms with E-state index in [9.17, 15) is 0 Å². The minimum Gasteiger partial charge on any atom is -0.504 e. The lowest BCUT2D eigenvalue weighted by Gasteiger charge is -2.14. The van der Waals surface area contributed by atoms with Crippen LogP contribution in [0.25, 0.3) is 0 Å². The van der Waals surface area contributed by atoms with Gasteiger partial charge in [0.15, 0.2) is 0 Å². The van der Waals surface area contributed by atoms with Gasteiger partial charge in [0.2, 0.25) is 0 Å². The van der Waals surface area contributed by atoms with Gasteiger partial charge in [-0.2, -0.15) is 0 Å². The molecule has 0 amide bonds. The molecule has 0 bridgehead atoms. The lowest BCUT2D eigenvalue weighted by molar-refractivity contribution is 0.194. The lowest BCUT2D eigenvalue weighted by atomic mass is 10.1. The molecule has 1 atom stereocenters. The number of hydrogen-bond donors (Lipinski definition) is 0. The van der Waals surface area contributed by atoms with Crippen LogP contribution in [-0.2, 0) is 3.79 Å². The van der Waals surface area contributed by atoms with Crippen LogP contribution in [0.3, 0.4) is 0 Å². The fourth-order valence-electron chi connectivity index (χ4n) is 1.13. The molecule has 0 aromatic heterocycles. The highest BCUT2D eigenvalue weighted by Gasteiger charge is 2.02. The quantitative estimate of drug-likeness (QED) is 0.536. The number of unbranched alkanes of at least 4 members (excludes halogenated alkanes) is 1. The first-order chi connectivity index (χ1) is 4.85. The second kappa shape index (κ2) is 7.60. The maximum atomic E-state index is 5.43. The highest BCUT2D eigenvalue weighted by molar-refractivity contribution is 5.98. The molecule has 0 rings (SSSR count). The normalized spacial score (nSPS) is 13.4. The van der Waals surface area contributed by atoms with Gasteiger partial charge in [0.05, 0.1) is 0 Å². The van der Waals surface area contributed by atoms with Crippen molar-refractivity contribution in [1.82, 2.24) is 0 Å². The molecule has 2 heteroatoms. The van der Waals surface area contributed by atoms with Crippen molar-refractivity contribution >= 4 is 16.6 Å². The van der Waals surface area contributed by atoms with E-state index in [1.54, 1.807) is 0 Å². The average Bonchev–Trinajstić information content (AvgIpc) is 1.98. The monoisotopic (exact) mass is 158 g/mol. The molecule has 0 aliphatic carbocycles. The third kappa shape index (κ3) is 5.29. The van der Waals surface area contributed by atoms with Crippen molar-refractivity contribution in [1.29, 1.82) is 0 Å². The third-order valence-corrected chi connectivity index (χ3v) is 2.49. The van der Waals surface area contributed by atoms with Gasteiger partial charge < -0.3 is 3.79 Å². The van der Waals surface area contributed by atoms with Crippen molar-refractivity contribution in [2.75, 3.05) is 0 Å². The molecular formula is C8H19AlO. The molecule has 0 aliphatic rings. The molecule has 60 valence electrons. The zero-order valence-corrected chi connectivity index (χ0v) is 9.52. The number of rotatable bonds is 6. The Balaban J connectivity index is 3.21. The molecule has 0 radical (unpaired) electrons. The molecule has 10 heavy (non-hydrogen) atoms.